The smallest absolute Gasteiger partial charge is 0.320 e. The average molecular weight is 206 g/mol. The van der Waals surface area contributed by atoms with Crippen molar-refractivity contribution in [3.8, 4) is 0 Å². The second-order valence-electron chi connectivity index (χ2n) is 3.21. The average Bonchev–Trinajstić information content (AvgIpc) is 2.47. The Kier molecular flexibility index (Phi) is 2.45. The molecule has 0 aliphatic carbocycles. The molecule has 1 aliphatic rings. The predicted octanol–water partition coefficient (Wildman–Crippen LogP) is 1.24. The highest BCUT2D eigenvalue weighted by atomic mass is 32.1. The Morgan fingerprint density at radius 1 is 1.29 bits per heavy atom. The summed E-state index contributed by atoms with van der Waals surface area (Å²) in [7, 11) is 0. The largest absolute Gasteiger partial charge is 0.328 e. The van der Waals surface area contributed by atoms with Gasteiger partial charge in [0, 0.05) is 0 Å². The van der Waals surface area contributed by atoms with Gasteiger partial charge in [-0.15, -0.1) is 0 Å². The Labute approximate surface area is 87.5 Å². The van der Waals surface area contributed by atoms with Crippen LogP contribution in [0.4, 0.5) is 4.79 Å². The van der Waals surface area contributed by atoms with Gasteiger partial charge in [-0.3, -0.25) is 0 Å². The van der Waals surface area contributed by atoms with Crippen molar-refractivity contribution in [2.24, 2.45) is 0 Å². The Balaban J connectivity index is 2.05. The topological polar surface area (TPSA) is 41.1 Å². The SMILES string of the molecule is O=C1NC(=S)C(Cc2ccccc2)N1. The zero-order chi connectivity index (χ0) is 9.97. The first-order valence-electron chi connectivity index (χ1n) is 4.41. The molecule has 1 aromatic carbocycles. The minimum Gasteiger partial charge on any atom is -0.328 e. The van der Waals surface area contributed by atoms with Crippen LogP contribution in [0.15, 0.2) is 30.3 Å². The number of hydrogen-bond donors (Lipinski definition) is 2. The molecule has 0 saturated carbocycles. The van der Waals surface area contributed by atoms with Crippen LogP contribution in [0.5, 0.6) is 0 Å². The Hall–Kier alpha value is -1.42. The number of urea groups is 1. The molecule has 1 fully saturated rings. The van der Waals surface area contributed by atoms with Crippen molar-refractivity contribution in [2.45, 2.75) is 12.5 Å². The first-order valence-corrected chi connectivity index (χ1v) is 4.82. The number of carbonyl (C=O) groups is 1. The molecule has 14 heavy (non-hydrogen) atoms. The van der Waals surface area contributed by atoms with Crippen molar-refractivity contribution in [3.05, 3.63) is 35.9 Å². The monoisotopic (exact) mass is 206 g/mol. The molecule has 2 amide bonds. The molecule has 1 heterocycles. The van der Waals surface area contributed by atoms with Gasteiger partial charge in [0.2, 0.25) is 0 Å². The third-order valence-electron chi connectivity index (χ3n) is 2.14. The molecule has 1 unspecified atom stereocenters. The summed E-state index contributed by atoms with van der Waals surface area (Å²) in [6.45, 7) is 0. The quantitative estimate of drug-likeness (QED) is 0.715. The Bertz CT molecular complexity index is 364. The van der Waals surface area contributed by atoms with Crippen molar-refractivity contribution >= 4 is 23.2 Å². The maximum Gasteiger partial charge on any atom is 0.320 e. The molecule has 0 bridgehead atoms. The summed E-state index contributed by atoms with van der Waals surface area (Å²) in [4.78, 5) is 11.5. The van der Waals surface area contributed by atoms with Crippen LogP contribution in [0.1, 0.15) is 5.56 Å². The third kappa shape index (κ3) is 1.90. The Morgan fingerprint density at radius 3 is 2.57 bits per heavy atom. The molecular weight excluding hydrogens is 196 g/mol. The van der Waals surface area contributed by atoms with Gasteiger partial charge in [-0.2, -0.15) is 0 Å². The maximum atomic E-state index is 10.9. The predicted molar refractivity (Wildman–Crippen MR) is 58.2 cm³/mol. The molecule has 0 aromatic heterocycles. The van der Waals surface area contributed by atoms with Crippen LogP contribution in [-0.2, 0) is 6.42 Å². The van der Waals surface area contributed by atoms with E-state index >= 15 is 0 Å². The highest BCUT2D eigenvalue weighted by Crippen LogP contribution is 2.06. The van der Waals surface area contributed by atoms with Crippen LogP contribution in [0.2, 0.25) is 0 Å². The fourth-order valence-corrected chi connectivity index (χ4v) is 1.69. The number of carbonyl (C=O) groups excluding carboxylic acids is 1. The summed E-state index contributed by atoms with van der Waals surface area (Å²) in [6.07, 6.45) is 0.748. The van der Waals surface area contributed by atoms with Crippen LogP contribution in [-0.4, -0.2) is 17.1 Å². The number of hydrogen-bond acceptors (Lipinski definition) is 2. The van der Waals surface area contributed by atoms with E-state index in [1.807, 2.05) is 30.3 Å². The molecule has 1 saturated heterocycles. The Morgan fingerprint density at radius 2 is 2.00 bits per heavy atom. The molecule has 0 spiro atoms. The molecule has 2 rings (SSSR count). The highest BCUT2D eigenvalue weighted by molar-refractivity contribution is 7.80. The zero-order valence-electron chi connectivity index (χ0n) is 7.49. The van der Waals surface area contributed by atoms with Gasteiger partial charge >= 0.3 is 6.03 Å². The molecule has 1 atom stereocenters. The van der Waals surface area contributed by atoms with E-state index in [2.05, 4.69) is 10.6 Å². The standard InChI is InChI=1S/C10H10N2OS/c13-10-11-8(9(14)12-10)6-7-4-2-1-3-5-7/h1-5,8H,6H2,(H2,11,12,13,14). The zero-order valence-corrected chi connectivity index (χ0v) is 8.30. The summed E-state index contributed by atoms with van der Waals surface area (Å²) in [5, 5.41) is 5.33. The van der Waals surface area contributed by atoms with E-state index in [1.54, 1.807) is 0 Å². The summed E-state index contributed by atoms with van der Waals surface area (Å²) < 4.78 is 0. The van der Waals surface area contributed by atoms with Crippen LogP contribution in [0.25, 0.3) is 0 Å². The van der Waals surface area contributed by atoms with Crippen molar-refractivity contribution in [2.75, 3.05) is 0 Å². The van der Waals surface area contributed by atoms with E-state index in [4.69, 9.17) is 12.2 Å². The lowest BCUT2D eigenvalue weighted by atomic mass is 10.1. The van der Waals surface area contributed by atoms with Gasteiger partial charge in [0.05, 0.1) is 6.04 Å². The number of benzene rings is 1. The van der Waals surface area contributed by atoms with Gasteiger partial charge in [-0.1, -0.05) is 42.5 Å². The van der Waals surface area contributed by atoms with E-state index in [0.29, 0.717) is 4.99 Å². The van der Waals surface area contributed by atoms with E-state index in [0.717, 1.165) is 6.42 Å². The fraction of sp³-hybridized carbons (Fsp3) is 0.200. The second-order valence-corrected chi connectivity index (χ2v) is 3.64. The molecular formula is C10H10N2OS. The number of rotatable bonds is 2. The maximum absolute atomic E-state index is 10.9. The van der Waals surface area contributed by atoms with Gasteiger partial charge < -0.3 is 10.6 Å². The molecule has 4 heteroatoms. The summed E-state index contributed by atoms with van der Waals surface area (Å²) in [5.41, 5.74) is 1.17. The highest BCUT2D eigenvalue weighted by Gasteiger charge is 2.25. The van der Waals surface area contributed by atoms with Gasteiger partial charge in [-0.05, 0) is 12.0 Å². The molecule has 72 valence electrons. The lowest BCUT2D eigenvalue weighted by Crippen LogP contribution is -2.30. The van der Waals surface area contributed by atoms with E-state index < -0.39 is 0 Å². The lowest BCUT2D eigenvalue weighted by Gasteiger charge is -2.08. The van der Waals surface area contributed by atoms with Crippen molar-refractivity contribution < 1.29 is 4.79 Å². The first-order chi connectivity index (χ1) is 6.75. The molecule has 1 aromatic rings. The summed E-state index contributed by atoms with van der Waals surface area (Å²) >= 11 is 5.02. The van der Waals surface area contributed by atoms with E-state index in [-0.39, 0.29) is 12.1 Å². The normalized spacial score (nSPS) is 20.4. The molecule has 2 N–H and O–H groups in total. The molecule has 0 radical (unpaired) electrons. The van der Waals surface area contributed by atoms with Crippen molar-refractivity contribution in [3.63, 3.8) is 0 Å². The summed E-state index contributed by atoms with van der Waals surface area (Å²) in [5.74, 6) is 0. The first kappa shape index (κ1) is 9.15. The van der Waals surface area contributed by atoms with Crippen LogP contribution in [0, 0.1) is 0 Å². The van der Waals surface area contributed by atoms with Gasteiger partial charge in [0.15, 0.2) is 0 Å². The van der Waals surface area contributed by atoms with Gasteiger partial charge in [0.25, 0.3) is 0 Å². The van der Waals surface area contributed by atoms with Crippen molar-refractivity contribution in [1.29, 1.82) is 0 Å². The second kappa shape index (κ2) is 3.75. The van der Waals surface area contributed by atoms with E-state index in [9.17, 15) is 4.79 Å². The minimum atomic E-state index is -0.198. The number of thiocarbonyl (C=S) groups is 1. The van der Waals surface area contributed by atoms with Gasteiger partial charge in [-0.25, -0.2) is 4.79 Å². The third-order valence-corrected chi connectivity index (χ3v) is 2.53. The molecule has 3 nitrogen and oxygen atoms in total. The summed E-state index contributed by atoms with van der Waals surface area (Å²) in [6, 6.07) is 9.70. The number of nitrogens with one attached hydrogen (secondary N) is 2. The molecule has 1 aliphatic heterocycles. The van der Waals surface area contributed by atoms with E-state index in [1.165, 1.54) is 5.56 Å². The van der Waals surface area contributed by atoms with Crippen LogP contribution in [0.3, 0.4) is 0 Å². The van der Waals surface area contributed by atoms with Gasteiger partial charge in [0.1, 0.15) is 4.99 Å². The van der Waals surface area contributed by atoms with Crippen LogP contribution < -0.4 is 10.6 Å². The van der Waals surface area contributed by atoms with Crippen LogP contribution >= 0.6 is 12.2 Å². The number of amides is 2. The minimum absolute atomic E-state index is 0.0556. The lowest BCUT2D eigenvalue weighted by molar-refractivity contribution is 0.248. The van der Waals surface area contributed by atoms with Crippen molar-refractivity contribution in [1.82, 2.24) is 10.6 Å². The fourth-order valence-electron chi connectivity index (χ4n) is 1.45.